The average molecular weight is 397 g/mol. The minimum atomic E-state index is -0.633. The summed E-state index contributed by atoms with van der Waals surface area (Å²) in [4.78, 5) is 35.2. The number of benzene rings is 2. The van der Waals surface area contributed by atoms with Gasteiger partial charge >= 0.3 is 11.9 Å². The molecule has 0 spiro atoms. The lowest BCUT2D eigenvalue weighted by atomic mass is 10.2. The van der Waals surface area contributed by atoms with E-state index >= 15 is 0 Å². The number of carbonyl (C=O) groups excluding carboxylic acids is 3. The molecule has 0 aliphatic rings. The molecule has 2 aromatic rings. The standard InChI is InChI=1S/C22H23NO6/c1-3-27-19-12-5-16(6-13-19)7-14-21(25)29-15-20(24)23-18-10-8-17(9-11-18)22(26)28-4-2/h5-14H,3-4,15H2,1-2H3,(H,23,24)/b14-7+. The van der Waals surface area contributed by atoms with Crippen LogP contribution in [0.25, 0.3) is 6.08 Å². The Hall–Kier alpha value is -3.61. The van der Waals surface area contributed by atoms with Gasteiger partial charge in [-0.1, -0.05) is 12.1 Å². The maximum absolute atomic E-state index is 11.9. The molecule has 0 saturated carbocycles. The molecular weight excluding hydrogens is 374 g/mol. The molecule has 0 bridgehead atoms. The Labute approximate surface area is 169 Å². The van der Waals surface area contributed by atoms with Crippen molar-refractivity contribution in [2.75, 3.05) is 25.1 Å². The van der Waals surface area contributed by atoms with E-state index in [-0.39, 0.29) is 6.61 Å². The Morgan fingerprint density at radius 2 is 1.59 bits per heavy atom. The molecule has 0 fully saturated rings. The van der Waals surface area contributed by atoms with Crippen LogP contribution in [0.4, 0.5) is 5.69 Å². The van der Waals surface area contributed by atoms with E-state index in [1.165, 1.54) is 6.08 Å². The second-order valence-corrected chi connectivity index (χ2v) is 5.79. The Bertz CT molecular complexity index is 856. The molecule has 1 amide bonds. The third-order valence-electron chi connectivity index (χ3n) is 3.63. The molecule has 0 atom stereocenters. The van der Waals surface area contributed by atoms with Crippen molar-refractivity contribution in [2.24, 2.45) is 0 Å². The molecule has 2 rings (SSSR count). The second kappa shape index (κ2) is 11.3. The first kappa shape index (κ1) is 21.7. The van der Waals surface area contributed by atoms with E-state index in [0.29, 0.717) is 17.9 Å². The van der Waals surface area contributed by atoms with Gasteiger partial charge in [-0.05, 0) is 61.9 Å². The van der Waals surface area contributed by atoms with Gasteiger partial charge in [-0.25, -0.2) is 9.59 Å². The number of ether oxygens (including phenoxy) is 3. The van der Waals surface area contributed by atoms with Crippen LogP contribution in [-0.2, 0) is 19.1 Å². The Morgan fingerprint density at radius 1 is 0.897 bits per heavy atom. The second-order valence-electron chi connectivity index (χ2n) is 5.79. The lowest BCUT2D eigenvalue weighted by molar-refractivity contribution is -0.142. The number of carbonyl (C=O) groups is 3. The van der Waals surface area contributed by atoms with Crippen molar-refractivity contribution in [1.82, 2.24) is 0 Å². The van der Waals surface area contributed by atoms with E-state index in [1.807, 2.05) is 6.92 Å². The van der Waals surface area contributed by atoms with Gasteiger partial charge in [0.1, 0.15) is 5.75 Å². The van der Waals surface area contributed by atoms with Crippen LogP contribution in [0.3, 0.4) is 0 Å². The summed E-state index contributed by atoms with van der Waals surface area (Å²) in [7, 11) is 0. The molecule has 1 N–H and O–H groups in total. The lowest BCUT2D eigenvalue weighted by Gasteiger charge is -2.06. The van der Waals surface area contributed by atoms with Crippen molar-refractivity contribution in [3.05, 3.63) is 65.7 Å². The summed E-state index contributed by atoms with van der Waals surface area (Å²) in [6.45, 7) is 4.07. The number of hydrogen-bond acceptors (Lipinski definition) is 6. The van der Waals surface area contributed by atoms with Gasteiger partial charge in [0.2, 0.25) is 0 Å². The minimum Gasteiger partial charge on any atom is -0.494 e. The number of hydrogen-bond donors (Lipinski definition) is 1. The van der Waals surface area contributed by atoms with Gasteiger partial charge in [0, 0.05) is 11.8 Å². The highest BCUT2D eigenvalue weighted by Gasteiger charge is 2.08. The summed E-state index contributed by atoms with van der Waals surface area (Å²) in [5.74, 6) is -0.804. The molecule has 0 aliphatic carbocycles. The molecule has 0 radical (unpaired) electrons. The van der Waals surface area contributed by atoms with Crippen molar-refractivity contribution >= 4 is 29.6 Å². The van der Waals surface area contributed by atoms with E-state index in [1.54, 1.807) is 61.5 Å². The van der Waals surface area contributed by atoms with Crippen molar-refractivity contribution < 1.29 is 28.6 Å². The van der Waals surface area contributed by atoms with Crippen LogP contribution in [0.2, 0.25) is 0 Å². The Kier molecular flexibility index (Phi) is 8.44. The molecule has 29 heavy (non-hydrogen) atoms. The first-order valence-corrected chi connectivity index (χ1v) is 9.16. The van der Waals surface area contributed by atoms with Crippen LogP contribution in [-0.4, -0.2) is 37.7 Å². The summed E-state index contributed by atoms with van der Waals surface area (Å²) >= 11 is 0. The van der Waals surface area contributed by atoms with Gasteiger partial charge in [0.15, 0.2) is 6.61 Å². The van der Waals surface area contributed by atoms with Crippen LogP contribution in [0, 0.1) is 0 Å². The van der Waals surface area contributed by atoms with Gasteiger partial charge < -0.3 is 19.5 Å². The fourth-order valence-corrected chi connectivity index (χ4v) is 2.29. The highest BCUT2D eigenvalue weighted by molar-refractivity contribution is 5.95. The summed E-state index contributed by atoms with van der Waals surface area (Å²) in [5.41, 5.74) is 1.66. The van der Waals surface area contributed by atoms with Crippen LogP contribution in [0.5, 0.6) is 5.75 Å². The normalized spacial score (nSPS) is 10.4. The Balaban J connectivity index is 1.78. The van der Waals surface area contributed by atoms with Gasteiger partial charge in [0.25, 0.3) is 5.91 Å². The van der Waals surface area contributed by atoms with Crippen molar-refractivity contribution in [3.8, 4) is 5.75 Å². The number of nitrogens with one attached hydrogen (secondary N) is 1. The first-order valence-electron chi connectivity index (χ1n) is 9.16. The summed E-state index contributed by atoms with van der Waals surface area (Å²) < 4.78 is 15.2. The first-order chi connectivity index (χ1) is 14.0. The van der Waals surface area contributed by atoms with E-state index < -0.39 is 24.5 Å². The SMILES string of the molecule is CCOC(=O)c1ccc(NC(=O)COC(=O)/C=C/c2ccc(OCC)cc2)cc1. The zero-order chi connectivity index (χ0) is 21.1. The van der Waals surface area contributed by atoms with Gasteiger partial charge in [-0.3, -0.25) is 4.79 Å². The molecule has 0 unspecified atom stereocenters. The Morgan fingerprint density at radius 3 is 2.21 bits per heavy atom. The van der Waals surface area contributed by atoms with Crippen LogP contribution < -0.4 is 10.1 Å². The molecule has 2 aromatic carbocycles. The summed E-state index contributed by atoms with van der Waals surface area (Å²) in [6, 6.07) is 13.4. The number of amides is 1. The van der Waals surface area contributed by atoms with Crippen LogP contribution >= 0.6 is 0 Å². The number of esters is 2. The molecule has 0 saturated heterocycles. The molecule has 7 heteroatoms. The maximum atomic E-state index is 11.9. The van der Waals surface area contributed by atoms with Crippen LogP contribution in [0.15, 0.2) is 54.6 Å². The molecule has 0 aliphatic heterocycles. The largest absolute Gasteiger partial charge is 0.494 e. The minimum absolute atomic E-state index is 0.287. The number of anilines is 1. The smallest absolute Gasteiger partial charge is 0.338 e. The third-order valence-corrected chi connectivity index (χ3v) is 3.63. The fourth-order valence-electron chi connectivity index (χ4n) is 2.29. The summed E-state index contributed by atoms with van der Waals surface area (Å²) in [5, 5.41) is 2.58. The third kappa shape index (κ3) is 7.50. The maximum Gasteiger partial charge on any atom is 0.338 e. The molecule has 152 valence electrons. The van der Waals surface area contributed by atoms with Gasteiger partial charge in [-0.15, -0.1) is 0 Å². The van der Waals surface area contributed by atoms with E-state index in [4.69, 9.17) is 14.2 Å². The van der Waals surface area contributed by atoms with Crippen LogP contribution in [0.1, 0.15) is 29.8 Å². The van der Waals surface area contributed by atoms with E-state index in [0.717, 1.165) is 11.3 Å². The lowest BCUT2D eigenvalue weighted by Crippen LogP contribution is -2.20. The quantitative estimate of drug-likeness (QED) is 0.515. The van der Waals surface area contributed by atoms with Crippen molar-refractivity contribution in [1.29, 1.82) is 0 Å². The van der Waals surface area contributed by atoms with Crippen molar-refractivity contribution in [2.45, 2.75) is 13.8 Å². The molecule has 0 heterocycles. The predicted molar refractivity (Wildman–Crippen MR) is 109 cm³/mol. The monoisotopic (exact) mass is 397 g/mol. The van der Waals surface area contributed by atoms with E-state index in [9.17, 15) is 14.4 Å². The highest BCUT2D eigenvalue weighted by Crippen LogP contribution is 2.13. The topological polar surface area (TPSA) is 90.9 Å². The van der Waals surface area contributed by atoms with E-state index in [2.05, 4.69) is 5.32 Å². The zero-order valence-corrected chi connectivity index (χ0v) is 16.3. The average Bonchev–Trinajstić information content (AvgIpc) is 2.72. The van der Waals surface area contributed by atoms with Crippen molar-refractivity contribution in [3.63, 3.8) is 0 Å². The fraction of sp³-hybridized carbons (Fsp3) is 0.227. The molecule has 7 nitrogen and oxygen atoms in total. The predicted octanol–water partition coefficient (Wildman–Crippen LogP) is 3.46. The highest BCUT2D eigenvalue weighted by atomic mass is 16.5. The molecule has 0 aromatic heterocycles. The zero-order valence-electron chi connectivity index (χ0n) is 16.3. The molecular formula is C22H23NO6. The van der Waals surface area contributed by atoms with Gasteiger partial charge in [0.05, 0.1) is 18.8 Å². The van der Waals surface area contributed by atoms with Gasteiger partial charge in [-0.2, -0.15) is 0 Å². The summed E-state index contributed by atoms with van der Waals surface area (Å²) in [6.07, 6.45) is 2.83. The number of rotatable bonds is 9.